The normalized spacial score (nSPS) is 16.3. The number of alkyl halides is 1. The fourth-order valence-electron chi connectivity index (χ4n) is 1.26. The molecule has 0 radical (unpaired) electrons. The summed E-state index contributed by atoms with van der Waals surface area (Å²) in [5.74, 6) is 0.539. The summed E-state index contributed by atoms with van der Waals surface area (Å²) < 4.78 is 0. The van der Waals surface area contributed by atoms with E-state index in [4.69, 9.17) is 11.6 Å². The van der Waals surface area contributed by atoms with E-state index in [-0.39, 0.29) is 5.38 Å². The van der Waals surface area contributed by atoms with Gasteiger partial charge in [0.05, 0.1) is 0 Å². The summed E-state index contributed by atoms with van der Waals surface area (Å²) in [5.41, 5.74) is 1.28. The van der Waals surface area contributed by atoms with Gasteiger partial charge in [-0.15, -0.1) is 11.6 Å². The number of aromatic nitrogens is 1. The standard InChI is InChI=1S/C9H14ClN/c1-7(6-8(2)10)9-4-3-5-11-9/h3-5,7-8,11H,6H2,1-2H3. The van der Waals surface area contributed by atoms with E-state index in [9.17, 15) is 0 Å². The Morgan fingerprint density at radius 2 is 2.27 bits per heavy atom. The molecule has 11 heavy (non-hydrogen) atoms. The molecule has 0 amide bonds. The number of halogens is 1. The molecule has 0 aliphatic rings. The van der Waals surface area contributed by atoms with Crippen molar-refractivity contribution in [2.75, 3.05) is 0 Å². The molecule has 0 aromatic carbocycles. The van der Waals surface area contributed by atoms with Gasteiger partial charge in [0.1, 0.15) is 0 Å². The third kappa shape index (κ3) is 2.58. The number of hydrogen-bond acceptors (Lipinski definition) is 0. The molecule has 0 spiro atoms. The molecule has 0 fully saturated rings. The van der Waals surface area contributed by atoms with Crippen molar-refractivity contribution >= 4 is 11.6 Å². The molecule has 0 saturated heterocycles. The number of aromatic amines is 1. The zero-order valence-corrected chi connectivity index (χ0v) is 7.73. The Morgan fingerprint density at radius 3 is 2.73 bits per heavy atom. The van der Waals surface area contributed by atoms with E-state index in [0.717, 1.165) is 6.42 Å². The fourth-order valence-corrected chi connectivity index (χ4v) is 1.53. The van der Waals surface area contributed by atoms with Gasteiger partial charge in [-0.3, -0.25) is 0 Å². The van der Waals surface area contributed by atoms with Crippen molar-refractivity contribution in [3.05, 3.63) is 24.0 Å². The van der Waals surface area contributed by atoms with E-state index in [2.05, 4.69) is 18.0 Å². The van der Waals surface area contributed by atoms with E-state index >= 15 is 0 Å². The van der Waals surface area contributed by atoms with E-state index < -0.39 is 0 Å². The van der Waals surface area contributed by atoms with Crippen LogP contribution < -0.4 is 0 Å². The lowest BCUT2D eigenvalue weighted by Gasteiger charge is -2.10. The lowest BCUT2D eigenvalue weighted by molar-refractivity contribution is 0.656. The third-order valence-electron chi connectivity index (χ3n) is 1.83. The molecule has 0 aliphatic heterocycles. The van der Waals surface area contributed by atoms with Crippen molar-refractivity contribution in [2.24, 2.45) is 0 Å². The highest BCUT2D eigenvalue weighted by Crippen LogP contribution is 2.20. The van der Waals surface area contributed by atoms with Crippen molar-refractivity contribution in [1.29, 1.82) is 0 Å². The molecule has 1 aromatic rings. The summed E-state index contributed by atoms with van der Waals surface area (Å²) in [6.07, 6.45) is 2.98. The first-order chi connectivity index (χ1) is 5.20. The highest BCUT2D eigenvalue weighted by Gasteiger charge is 2.08. The van der Waals surface area contributed by atoms with Crippen molar-refractivity contribution in [1.82, 2.24) is 4.98 Å². The van der Waals surface area contributed by atoms with Gasteiger partial charge in [-0.25, -0.2) is 0 Å². The van der Waals surface area contributed by atoms with Gasteiger partial charge in [-0.2, -0.15) is 0 Å². The summed E-state index contributed by atoms with van der Waals surface area (Å²) in [6.45, 7) is 4.21. The number of hydrogen-bond donors (Lipinski definition) is 1. The van der Waals surface area contributed by atoms with E-state index in [1.807, 2.05) is 19.2 Å². The fraction of sp³-hybridized carbons (Fsp3) is 0.556. The van der Waals surface area contributed by atoms with Crippen LogP contribution in [-0.4, -0.2) is 10.4 Å². The van der Waals surface area contributed by atoms with Gasteiger partial charge in [0.15, 0.2) is 0 Å². The topological polar surface area (TPSA) is 15.8 Å². The summed E-state index contributed by atoms with van der Waals surface area (Å²) >= 11 is 5.88. The van der Waals surface area contributed by atoms with Gasteiger partial charge in [-0.1, -0.05) is 6.92 Å². The number of H-pyrrole nitrogens is 1. The Morgan fingerprint density at radius 1 is 1.55 bits per heavy atom. The summed E-state index contributed by atoms with van der Waals surface area (Å²) in [7, 11) is 0. The summed E-state index contributed by atoms with van der Waals surface area (Å²) in [5, 5.41) is 0.258. The van der Waals surface area contributed by atoms with Crippen molar-refractivity contribution in [3.63, 3.8) is 0 Å². The Balaban J connectivity index is 2.49. The van der Waals surface area contributed by atoms with Crippen molar-refractivity contribution in [2.45, 2.75) is 31.6 Å². The SMILES string of the molecule is CC(Cl)CC(C)c1ccc[nH]1. The van der Waals surface area contributed by atoms with Crippen LogP contribution in [0.15, 0.2) is 18.3 Å². The molecular formula is C9H14ClN. The number of rotatable bonds is 3. The zero-order valence-electron chi connectivity index (χ0n) is 6.97. The molecule has 1 aromatic heterocycles. The second-order valence-corrected chi connectivity index (χ2v) is 3.79. The van der Waals surface area contributed by atoms with Gasteiger partial charge in [0.25, 0.3) is 0 Å². The van der Waals surface area contributed by atoms with Gasteiger partial charge < -0.3 is 4.98 Å². The van der Waals surface area contributed by atoms with Gasteiger partial charge >= 0.3 is 0 Å². The van der Waals surface area contributed by atoms with Crippen LogP contribution >= 0.6 is 11.6 Å². The predicted molar refractivity (Wildman–Crippen MR) is 49.1 cm³/mol. The largest absolute Gasteiger partial charge is 0.365 e. The Hall–Kier alpha value is -0.430. The third-order valence-corrected chi connectivity index (χ3v) is 2.01. The van der Waals surface area contributed by atoms with E-state index in [1.54, 1.807) is 0 Å². The van der Waals surface area contributed by atoms with Crippen LogP contribution in [0.4, 0.5) is 0 Å². The molecule has 0 aliphatic carbocycles. The molecule has 1 nitrogen and oxygen atoms in total. The second-order valence-electron chi connectivity index (χ2n) is 3.04. The Labute approximate surface area is 72.8 Å². The number of nitrogens with one attached hydrogen (secondary N) is 1. The average Bonchev–Trinajstić information content (AvgIpc) is 2.35. The first-order valence-electron chi connectivity index (χ1n) is 3.97. The zero-order chi connectivity index (χ0) is 8.27. The maximum atomic E-state index is 5.88. The Bertz CT molecular complexity index is 191. The average molecular weight is 172 g/mol. The maximum absolute atomic E-state index is 5.88. The van der Waals surface area contributed by atoms with Gasteiger partial charge in [0, 0.05) is 17.3 Å². The smallest absolute Gasteiger partial charge is 0.0314 e. The molecule has 0 saturated carbocycles. The molecule has 1 N–H and O–H groups in total. The maximum Gasteiger partial charge on any atom is 0.0314 e. The van der Waals surface area contributed by atoms with Crippen molar-refractivity contribution in [3.8, 4) is 0 Å². The minimum Gasteiger partial charge on any atom is -0.365 e. The van der Waals surface area contributed by atoms with Gasteiger partial charge in [-0.05, 0) is 31.4 Å². The lowest BCUT2D eigenvalue weighted by Crippen LogP contribution is -2.00. The minimum absolute atomic E-state index is 0.258. The highest BCUT2D eigenvalue weighted by molar-refractivity contribution is 6.20. The molecule has 2 heteroatoms. The molecule has 0 bridgehead atoms. The van der Waals surface area contributed by atoms with Crippen LogP contribution in [0.5, 0.6) is 0 Å². The monoisotopic (exact) mass is 171 g/mol. The van der Waals surface area contributed by atoms with Crippen LogP contribution in [0.3, 0.4) is 0 Å². The molecule has 1 rings (SSSR count). The molecular weight excluding hydrogens is 158 g/mol. The van der Waals surface area contributed by atoms with Crippen LogP contribution in [-0.2, 0) is 0 Å². The van der Waals surface area contributed by atoms with Crippen molar-refractivity contribution < 1.29 is 0 Å². The quantitative estimate of drug-likeness (QED) is 0.673. The summed E-state index contributed by atoms with van der Waals surface area (Å²) in [6, 6.07) is 4.12. The lowest BCUT2D eigenvalue weighted by atomic mass is 10.0. The van der Waals surface area contributed by atoms with Gasteiger partial charge in [0.2, 0.25) is 0 Å². The highest BCUT2D eigenvalue weighted by atomic mass is 35.5. The van der Waals surface area contributed by atoms with E-state index in [0.29, 0.717) is 5.92 Å². The minimum atomic E-state index is 0.258. The Kier molecular flexibility index (Phi) is 3.01. The van der Waals surface area contributed by atoms with Crippen LogP contribution in [0.2, 0.25) is 0 Å². The molecule has 1 heterocycles. The van der Waals surface area contributed by atoms with Crippen LogP contribution in [0.25, 0.3) is 0 Å². The molecule has 2 unspecified atom stereocenters. The van der Waals surface area contributed by atoms with Crippen LogP contribution in [0.1, 0.15) is 31.9 Å². The first kappa shape index (κ1) is 8.66. The second kappa shape index (κ2) is 3.82. The first-order valence-corrected chi connectivity index (χ1v) is 4.41. The van der Waals surface area contributed by atoms with Crippen LogP contribution in [0, 0.1) is 0 Å². The molecule has 62 valence electrons. The summed E-state index contributed by atoms with van der Waals surface area (Å²) in [4.78, 5) is 3.18. The predicted octanol–water partition coefficient (Wildman–Crippen LogP) is 3.14. The van der Waals surface area contributed by atoms with E-state index in [1.165, 1.54) is 5.69 Å². The molecule has 2 atom stereocenters.